The van der Waals surface area contributed by atoms with Crippen molar-refractivity contribution in [3.63, 3.8) is 0 Å². The average Bonchev–Trinajstić information content (AvgIpc) is 2.27. The summed E-state index contributed by atoms with van der Waals surface area (Å²) in [6.07, 6.45) is -1.53. The molecule has 0 saturated carbocycles. The second kappa shape index (κ2) is 7.34. The lowest BCUT2D eigenvalue weighted by atomic mass is 10.0. The quantitative estimate of drug-likeness (QED) is 0.794. The van der Waals surface area contributed by atoms with E-state index in [2.05, 4.69) is 17.1 Å². The summed E-state index contributed by atoms with van der Waals surface area (Å²) in [4.78, 5) is 2.39. The lowest BCUT2D eigenvalue weighted by Gasteiger charge is -2.34. The molecule has 0 aliphatic carbocycles. The molecule has 2 nitrogen and oxygen atoms in total. The minimum atomic E-state index is -4.01. The predicted molar refractivity (Wildman–Crippen MR) is 67.6 cm³/mol. The topological polar surface area (TPSA) is 15.3 Å². The van der Waals surface area contributed by atoms with Gasteiger partial charge in [-0.3, -0.25) is 0 Å². The number of rotatable bonds is 6. The van der Waals surface area contributed by atoms with Crippen LogP contribution in [0.4, 0.5) is 13.2 Å². The molecule has 0 bridgehead atoms. The molecule has 2 unspecified atom stereocenters. The van der Waals surface area contributed by atoms with E-state index in [1.54, 1.807) is 0 Å². The Labute approximate surface area is 108 Å². The molecule has 0 radical (unpaired) electrons. The largest absolute Gasteiger partial charge is 0.389 e. The first kappa shape index (κ1) is 15.8. The van der Waals surface area contributed by atoms with Gasteiger partial charge in [0.25, 0.3) is 0 Å². The van der Waals surface area contributed by atoms with Crippen LogP contribution in [-0.2, 0) is 0 Å². The van der Waals surface area contributed by atoms with Crippen LogP contribution in [0.5, 0.6) is 0 Å². The second-order valence-electron chi connectivity index (χ2n) is 5.31. The van der Waals surface area contributed by atoms with Gasteiger partial charge >= 0.3 is 6.18 Å². The Bertz CT molecular complexity index is 231. The fraction of sp³-hybridized carbons (Fsp3) is 1.00. The molecule has 0 aromatic rings. The molecule has 0 amide bonds. The van der Waals surface area contributed by atoms with Crippen LogP contribution >= 0.6 is 0 Å². The van der Waals surface area contributed by atoms with Crippen molar-refractivity contribution in [1.29, 1.82) is 0 Å². The van der Waals surface area contributed by atoms with E-state index in [0.29, 0.717) is 12.5 Å². The highest BCUT2D eigenvalue weighted by atomic mass is 19.4. The van der Waals surface area contributed by atoms with Gasteiger partial charge in [-0.05, 0) is 45.7 Å². The van der Waals surface area contributed by atoms with Gasteiger partial charge in [-0.1, -0.05) is 6.92 Å². The molecule has 1 saturated heterocycles. The summed E-state index contributed by atoms with van der Waals surface area (Å²) in [5, 5.41) is 3.46. The Hall–Kier alpha value is -0.290. The molecule has 2 atom stereocenters. The zero-order valence-corrected chi connectivity index (χ0v) is 11.4. The smallest absolute Gasteiger partial charge is 0.310 e. The molecule has 1 fully saturated rings. The van der Waals surface area contributed by atoms with E-state index < -0.39 is 12.6 Å². The molecule has 1 aliphatic rings. The Morgan fingerprint density at radius 1 is 1.39 bits per heavy atom. The van der Waals surface area contributed by atoms with Crippen LogP contribution in [0.2, 0.25) is 0 Å². The third-order valence-electron chi connectivity index (χ3n) is 3.57. The number of likely N-dealkylation sites (tertiary alicyclic amines) is 1. The zero-order valence-electron chi connectivity index (χ0n) is 11.4. The number of nitrogens with one attached hydrogen (secondary N) is 1. The van der Waals surface area contributed by atoms with Crippen molar-refractivity contribution in [3.8, 4) is 0 Å². The van der Waals surface area contributed by atoms with Gasteiger partial charge in [-0.2, -0.15) is 13.2 Å². The van der Waals surface area contributed by atoms with Crippen molar-refractivity contribution in [2.45, 2.75) is 64.2 Å². The van der Waals surface area contributed by atoms with Crippen molar-refractivity contribution in [2.24, 2.45) is 0 Å². The normalized spacial score (nSPS) is 24.2. The molecular weight excluding hydrogens is 241 g/mol. The molecule has 1 aliphatic heterocycles. The maximum absolute atomic E-state index is 12.0. The van der Waals surface area contributed by atoms with E-state index in [0.717, 1.165) is 26.1 Å². The number of likely N-dealkylation sites (N-methyl/N-ethyl adjacent to an activating group) is 1. The van der Waals surface area contributed by atoms with Crippen molar-refractivity contribution in [1.82, 2.24) is 10.2 Å². The van der Waals surface area contributed by atoms with E-state index >= 15 is 0 Å². The third-order valence-corrected chi connectivity index (χ3v) is 3.57. The molecule has 1 heterocycles. The first-order valence-corrected chi connectivity index (χ1v) is 6.96. The van der Waals surface area contributed by atoms with Gasteiger partial charge in [0.1, 0.15) is 0 Å². The average molecular weight is 266 g/mol. The Morgan fingerprint density at radius 2 is 2.11 bits per heavy atom. The molecule has 18 heavy (non-hydrogen) atoms. The highest BCUT2D eigenvalue weighted by Crippen LogP contribution is 2.22. The predicted octanol–water partition coefficient (Wildman–Crippen LogP) is 3.18. The summed E-state index contributed by atoms with van der Waals surface area (Å²) < 4.78 is 36.1. The first-order valence-electron chi connectivity index (χ1n) is 6.96. The highest BCUT2D eigenvalue weighted by molar-refractivity contribution is 4.79. The monoisotopic (exact) mass is 266 g/mol. The van der Waals surface area contributed by atoms with Crippen LogP contribution < -0.4 is 5.32 Å². The number of alkyl halides is 3. The maximum atomic E-state index is 12.0. The molecule has 0 aromatic heterocycles. The summed E-state index contributed by atoms with van der Waals surface area (Å²) in [5.74, 6) is 0. The van der Waals surface area contributed by atoms with Crippen molar-refractivity contribution in [2.75, 3.05) is 19.6 Å². The Morgan fingerprint density at radius 3 is 2.72 bits per heavy atom. The summed E-state index contributed by atoms with van der Waals surface area (Å²) in [5.41, 5.74) is 0. The van der Waals surface area contributed by atoms with Crippen LogP contribution in [0, 0.1) is 0 Å². The number of piperidine rings is 1. The van der Waals surface area contributed by atoms with Crippen molar-refractivity contribution in [3.05, 3.63) is 0 Å². The number of hydrogen-bond donors (Lipinski definition) is 1. The second-order valence-corrected chi connectivity index (χ2v) is 5.31. The molecule has 1 rings (SSSR count). The van der Waals surface area contributed by atoms with Crippen LogP contribution in [0.3, 0.4) is 0 Å². The Balaban J connectivity index is 2.17. The fourth-order valence-electron chi connectivity index (χ4n) is 2.57. The first-order chi connectivity index (χ1) is 8.40. The van der Waals surface area contributed by atoms with Gasteiger partial charge in [0.2, 0.25) is 0 Å². The van der Waals surface area contributed by atoms with Crippen molar-refractivity contribution < 1.29 is 13.2 Å². The molecule has 5 heteroatoms. The van der Waals surface area contributed by atoms with Gasteiger partial charge in [0, 0.05) is 25.0 Å². The Kier molecular flexibility index (Phi) is 6.43. The molecule has 0 spiro atoms. The molecular formula is C13H25F3N2. The minimum Gasteiger partial charge on any atom is -0.310 e. The lowest BCUT2D eigenvalue weighted by molar-refractivity contribution is -0.135. The van der Waals surface area contributed by atoms with Gasteiger partial charge in [0.05, 0.1) is 0 Å². The molecule has 1 N–H and O–H groups in total. The zero-order chi connectivity index (χ0) is 13.6. The van der Waals surface area contributed by atoms with Crippen LogP contribution in [0.15, 0.2) is 0 Å². The summed E-state index contributed by atoms with van der Waals surface area (Å²) >= 11 is 0. The summed E-state index contributed by atoms with van der Waals surface area (Å²) in [6, 6.07) is 0.619. The highest BCUT2D eigenvalue weighted by Gasteiger charge is 2.26. The summed E-state index contributed by atoms with van der Waals surface area (Å²) in [7, 11) is 0. The number of halogens is 3. The SMILES string of the molecule is CCN1CCCC(NC(C)CCCC(F)(F)F)C1. The van der Waals surface area contributed by atoms with Gasteiger partial charge in [0.15, 0.2) is 0 Å². The fourth-order valence-corrected chi connectivity index (χ4v) is 2.57. The van der Waals surface area contributed by atoms with Gasteiger partial charge in [-0.25, -0.2) is 0 Å². The third kappa shape index (κ3) is 6.59. The van der Waals surface area contributed by atoms with E-state index in [1.807, 2.05) is 6.92 Å². The summed E-state index contributed by atoms with van der Waals surface area (Å²) in [6.45, 7) is 7.37. The van der Waals surface area contributed by atoms with Crippen molar-refractivity contribution >= 4 is 0 Å². The van der Waals surface area contributed by atoms with E-state index in [4.69, 9.17) is 0 Å². The van der Waals surface area contributed by atoms with Crippen LogP contribution in [-0.4, -0.2) is 42.8 Å². The van der Waals surface area contributed by atoms with Crippen LogP contribution in [0.1, 0.15) is 46.0 Å². The van der Waals surface area contributed by atoms with E-state index in [-0.39, 0.29) is 12.5 Å². The number of hydrogen-bond acceptors (Lipinski definition) is 2. The maximum Gasteiger partial charge on any atom is 0.389 e. The number of nitrogens with zero attached hydrogens (tertiary/aromatic N) is 1. The lowest BCUT2D eigenvalue weighted by Crippen LogP contribution is -2.48. The molecule has 108 valence electrons. The van der Waals surface area contributed by atoms with Crippen LogP contribution in [0.25, 0.3) is 0 Å². The standard InChI is InChI=1S/C13H25F3N2/c1-3-18-9-5-7-12(10-18)17-11(2)6-4-8-13(14,15)16/h11-12,17H,3-10H2,1-2H3. The van der Waals surface area contributed by atoms with E-state index in [9.17, 15) is 13.2 Å². The van der Waals surface area contributed by atoms with E-state index in [1.165, 1.54) is 6.42 Å². The molecule has 0 aromatic carbocycles. The van der Waals surface area contributed by atoms with Gasteiger partial charge < -0.3 is 10.2 Å². The minimum absolute atomic E-state index is 0.175. The van der Waals surface area contributed by atoms with Gasteiger partial charge in [-0.15, -0.1) is 0 Å².